The molecule has 0 aromatic heterocycles. The number of carbonyl (C=O) groups is 3. The van der Waals surface area contributed by atoms with Crippen molar-refractivity contribution in [2.75, 3.05) is 26.4 Å². The smallest absolute Gasteiger partial charge is 0.219 e. The van der Waals surface area contributed by atoms with E-state index in [1.807, 2.05) is 24.1 Å². The molecule has 1 atom stereocenters. The first kappa shape index (κ1) is 31.8. The van der Waals surface area contributed by atoms with Gasteiger partial charge in [-0.15, -0.1) is 11.8 Å². The van der Waals surface area contributed by atoms with Gasteiger partial charge in [0.05, 0.1) is 6.04 Å². The molecule has 1 aromatic carbocycles. The Labute approximate surface area is 240 Å². The summed E-state index contributed by atoms with van der Waals surface area (Å²) in [6.45, 7) is 1.64. The highest BCUT2D eigenvalue weighted by Crippen LogP contribution is 2.47. The fourth-order valence-corrected chi connectivity index (χ4v) is 7.57. The van der Waals surface area contributed by atoms with Crippen molar-refractivity contribution in [2.24, 2.45) is 5.41 Å². The molecular weight excluding hydrogens is 506 g/mol. The Kier molecular flexibility index (Phi) is 14.0. The molecule has 3 rings (SSSR count). The predicted octanol–water partition coefficient (Wildman–Crippen LogP) is 6.16. The fraction of sp³-hybridized carbons (Fsp3) is 0.719. The minimum atomic E-state index is -0.365. The summed E-state index contributed by atoms with van der Waals surface area (Å²) < 4.78 is 0. The van der Waals surface area contributed by atoms with Gasteiger partial charge in [-0.3, -0.25) is 14.5 Å². The highest BCUT2D eigenvalue weighted by atomic mass is 32.2. The van der Waals surface area contributed by atoms with Crippen LogP contribution in [-0.4, -0.2) is 61.9 Å². The van der Waals surface area contributed by atoms with Crippen molar-refractivity contribution in [1.29, 1.82) is 0 Å². The SMILES string of the molecule is CNC(=O)CCC(C=O)N(C)Cc1c(C=O)cccc1SCCCCCCNC1CCC2(CCCCC2)CC1. The number of nitrogens with one attached hydrogen (secondary N) is 2. The maximum absolute atomic E-state index is 11.8. The Morgan fingerprint density at radius 1 is 1.08 bits per heavy atom. The summed E-state index contributed by atoms with van der Waals surface area (Å²) in [6.07, 6.45) is 20.4. The number of hydrogen-bond donors (Lipinski definition) is 2. The molecule has 2 aliphatic rings. The van der Waals surface area contributed by atoms with Crippen molar-refractivity contribution < 1.29 is 14.4 Å². The number of nitrogens with zero attached hydrogens (tertiary/aromatic N) is 1. The first-order chi connectivity index (χ1) is 19.0. The third kappa shape index (κ3) is 10.3. The Hall–Kier alpha value is -1.70. The summed E-state index contributed by atoms with van der Waals surface area (Å²) in [5.41, 5.74) is 2.35. The third-order valence-electron chi connectivity index (χ3n) is 9.10. The van der Waals surface area contributed by atoms with Gasteiger partial charge in [-0.2, -0.15) is 0 Å². The van der Waals surface area contributed by atoms with E-state index in [1.165, 1.54) is 77.0 Å². The molecule has 218 valence electrons. The zero-order chi connectivity index (χ0) is 27.9. The molecule has 0 radical (unpaired) electrons. The average molecular weight is 558 g/mol. The topological polar surface area (TPSA) is 78.5 Å². The molecule has 6 nitrogen and oxygen atoms in total. The molecule has 2 fully saturated rings. The molecule has 1 unspecified atom stereocenters. The predicted molar refractivity (Wildman–Crippen MR) is 161 cm³/mol. The van der Waals surface area contributed by atoms with Gasteiger partial charge >= 0.3 is 0 Å². The van der Waals surface area contributed by atoms with E-state index in [4.69, 9.17) is 0 Å². The number of likely N-dealkylation sites (N-methyl/N-ethyl adjacent to an activating group) is 1. The van der Waals surface area contributed by atoms with E-state index in [9.17, 15) is 14.4 Å². The highest BCUT2D eigenvalue weighted by Gasteiger charge is 2.35. The quantitative estimate of drug-likeness (QED) is 0.136. The third-order valence-corrected chi connectivity index (χ3v) is 10.3. The molecule has 0 aliphatic heterocycles. The molecule has 7 heteroatoms. The molecule has 0 saturated heterocycles. The summed E-state index contributed by atoms with van der Waals surface area (Å²) in [7, 11) is 3.49. The van der Waals surface area contributed by atoms with Gasteiger partial charge in [-0.1, -0.05) is 44.2 Å². The van der Waals surface area contributed by atoms with Gasteiger partial charge < -0.3 is 15.4 Å². The van der Waals surface area contributed by atoms with Crippen LogP contribution in [-0.2, 0) is 16.1 Å². The number of rotatable bonds is 17. The van der Waals surface area contributed by atoms with Crippen LogP contribution in [0.3, 0.4) is 0 Å². The van der Waals surface area contributed by atoms with Crippen LogP contribution in [0.2, 0.25) is 0 Å². The van der Waals surface area contributed by atoms with E-state index in [0.717, 1.165) is 47.8 Å². The van der Waals surface area contributed by atoms with Crippen molar-refractivity contribution in [1.82, 2.24) is 15.5 Å². The molecular formula is C32H51N3O3S. The van der Waals surface area contributed by atoms with Crippen LogP contribution in [0.15, 0.2) is 23.1 Å². The van der Waals surface area contributed by atoms with Crippen LogP contribution in [0.1, 0.15) is 112 Å². The standard InChI is InChI=1S/C32H51N3O3S/c1-33-31(38)14-13-28(25-37)35(2)23-29-26(24-36)11-10-12-30(29)39-22-9-4-3-8-21-34-27-15-19-32(20-16-27)17-6-5-7-18-32/h10-12,24-25,27-28,34H,3-9,13-23H2,1-2H3,(H,33,38). The first-order valence-corrected chi connectivity index (χ1v) is 16.3. The summed E-state index contributed by atoms with van der Waals surface area (Å²) in [4.78, 5) is 38.1. The molecule has 1 spiro atoms. The van der Waals surface area contributed by atoms with Gasteiger partial charge in [-0.25, -0.2) is 0 Å². The number of aldehydes is 2. The van der Waals surface area contributed by atoms with Crippen LogP contribution in [0, 0.1) is 5.41 Å². The van der Waals surface area contributed by atoms with Crippen molar-refractivity contribution in [3.63, 3.8) is 0 Å². The molecule has 1 aromatic rings. The fourth-order valence-electron chi connectivity index (χ4n) is 6.47. The van der Waals surface area contributed by atoms with Crippen molar-refractivity contribution >= 4 is 30.2 Å². The van der Waals surface area contributed by atoms with Gasteiger partial charge in [0.25, 0.3) is 0 Å². The second-order valence-electron chi connectivity index (χ2n) is 11.8. The zero-order valence-electron chi connectivity index (χ0n) is 24.3. The van der Waals surface area contributed by atoms with E-state index in [0.29, 0.717) is 30.4 Å². The lowest BCUT2D eigenvalue weighted by Crippen LogP contribution is -2.38. The van der Waals surface area contributed by atoms with Gasteiger partial charge in [0, 0.05) is 36.5 Å². The minimum absolute atomic E-state index is 0.0721. The second kappa shape index (κ2) is 17.2. The Bertz CT molecular complexity index is 893. The van der Waals surface area contributed by atoms with E-state index >= 15 is 0 Å². The number of benzene rings is 1. The Morgan fingerprint density at radius 2 is 1.82 bits per heavy atom. The first-order valence-electron chi connectivity index (χ1n) is 15.3. The van der Waals surface area contributed by atoms with Crippen LogP contribution in [0.4, 0.5) is 0 Å². The van der Waals surface area contributed by atoms with Gasteiger partial charge in [0.1, 0.15) is 12.6 Å². The highest BCUT2D eigenvalue weighted by molar-refractivity contribution is 7.99. The van der Waals surface area contributed by atoms with E-state index in [2.05, 4.69) is 16.7 Å². The summed E-state index contributed by atoms with van der Waals surface area (Å²) in [6, 6.07) is 6.22. The number of thioether (sulfide) groups is 1. The average Bonchev–Trinajstić information content (AvgIpc) is 2.96. The summed E-state index contributed by atoms with van der Waals surface area (Å²) >= 11 is 1.80. The van der Waals surface area contributed by atoms with Crippen LogP contribution in [0.5, 0.6) is 0 Å². The zero-order valence-corrected chi connectivity index (χ0v) is 25.2. The van der Waals surface area contributed by atoms with Crippen molar-refractivity contribution in [2.45, 2.75) is 120 Å². The van der Waals surface area contributed by atoms with E-state index in [-0.39, 0.29) is 11.9 Å². The Balaban J connectivity index is 1.34. The Morgan fingerprint density at radius 3 is 2.51 bits per heavy atom. The number of unbranched alkanes of at least 4 members (excludes halogenated alkanes) is 3. The van der Waals surface area contributed by atoms with Crippen molar-refractivity contribution in [3.8, 4) is 0 Å². The number of amides is 1. The maximum atomic E-state index is 11.8. The summed E-state index contributed by atoms with van der Waals surface area (Å²) in [5, 5.41) is 6.44. The number of hydrogen-bond acceptors (Lipinski definition) is 6. The van der Waals surface area contributed by atoms with Crippen LogP contribution >= 0.6 is 11.8 Å². The second-order valence-corrected chi connectivity index (χ2v) is 13.0. The molecule has 0 heterocycles. The van der Waals surface area contributed by atoms with Crippen LogP contribution in [0.25, 0.3) is 0 Å². The van der Waals surface area contributed by atoms with Gasteiger partial charge in [0.15, 0.2) is 0 Å². The normalized spacial score (nSPS) is 18.2. The van der Waals surface area contributed by atoms with E-state index < -0.39 is 0 Å². The molecule has 0 bridgehead atoms. The maximum Gasteiger partial charge on any atom is 0.219 e. The largest absolute Gasteiger partial charge is 0.359 e. The molecule has 39 heavy (non-hydrogen) atoms. The van der Waals surface area contributed by atoms with E-state index in [1.54, 1.807) is 18.8 Å². The monoisotopic (exact) mass is 557 g/mol. The molecule has 2 N–H and O–H groups in total. The van der Waals surface area contributed by atoms with Gasteiger partial charge in [0.2, 0.25) is 5.91 Å². The lowest BCUT2D eigenvalue weighted by Gasteiger charge is -2.43. The molecule has 2 aliphatic carbocycles. The lowest BCUT2D eigenvalue weighted by molar-refractivity contribution is -0.121. The number of carbonyl (C=O) groups excluding carboxylic acids is 3. The lowest BCUT2D eigenvalue weighted by atomic mass is 9.64. The molecule has 1 amide bonds. The van der Waals surface area contributed by atoms with Gasteiger partial charge in [-0.05, 0) is 94.2 Å². The minimum Gasteiger partial charge on any atom is -0.359 e. The summed E-state index contributed by atoms with van der Waals surface area (Å²) in [5.74, 6) is 0.947. The van der Waals surface area contributed by atoms with Crippen LogP contribution < -0.4 is 10.6 Å². The van der Waals surface area contributed by atoms with Crippen molar-refractivity contribution in [3.05, 3.63) is 29.3 Å². The molecule has 2 saturated carbocycles.